The van der Waals surface area contributed by atoms with Crippen molar-refractivity contribution in [2.24, 2.45) is 0 Å². The van der Waals surface area contributed by atoms with Crippen LogP contribution in [-0.2, 0) is 11.2 Å². The summed E-state index contributed by atoms with van der Waals surface area (Å²) >= 11 is 0. The second-order valence-electron chi connectivity index (χ2n) is 9.18. The van der Waals surface area contributed by atoms with Gasteiger partial charge in [-0.2, -0.15) is 0 Å². The van der Waals surface area contributed by atoms with Gasteiger partial charge >= 0.3 is 0 Å². The third-order valence-corrected chi connectivity index (χ3v) is 6.34. The number of nitro groups is 1. The van der Waals surface area contributed by atoms with E-state index in [1.807, 2.05) is 30.3 Å². The van der Waals surface area contributed by atoms with Gasteiger partial charge in [0.2, 0.25) is 5.82 Å². The fourth-order valence-corrected chi connectivity index (χ4v) is 4.24. The van der Waals surface area contributed by atoms with Crippen molar-refractivity contribution >= 4 is 23.2 Å². The summed E-state index contributed by atoms with van der Waals surface area (Å²) in [4.78, 5) is 42.6. The van der Waals surface area contributed by atoms with E-state index in [0.717, 1.165) is 5.56 Å². The Hall–Kier alpha value is -5.50. The number of aromatic nitrogens is 3. The van der Waals surface area contributed by atoms with E-state index < -0.39 is 23.0 Å². The van der Waals surface area contributed by atoms with Crippen LogP contribution in [0.1, 0.15) is 40.1 Å². The number of likely N-dealkylation sites (N-methyl/N-ethyl adjacent to an activating group) is 1. The smallest absolute Gasteiger partial charge is 0.291 e. The van der Waals surface area contributed by atoms with Gasteiger partial charge in [0, 0.05) is 36.7 Å². The SMILES string of the molecule is C[C@H]1Oc2ccc(C#Cc3cccc([N+](=O)[O-])c3)cc2N(C)C(=O)[C@H]1NC(=O)c1n[nH]c(Cc2ccccc2)n1. The van der Waals surface area contributed by atoms with Crippen molar-refractivity contribution in [3.63, 3.8) is 0 Å². The summed E-state index contributed by atoms with van der Waals surface area (Å²) in [6.07, 6.45) is -0.211. The minimum atomic E-state index is -1.000. The number of nitrogens with zero attached hydrogens (tertiary/aromatic N) is 4. The van der Waals surface area contributed by atoms with Crippen molar-refractivity contribution in [1.82, 2.24) is 20.5 Å². The third-order valence-electron chi connectivity index (χ3n) is 6.34. The molecule has 2 amide bonds. The van der Waals surface area contributed by atoms with Crippen LogP contribution in [0.3, 0.4) is 0 Å². The van der Waals surface area contributed by atoms with E-state index in [9.17, 15) is 19.7 Å². The summed E-state index contributed by atoms with van der Waals surface area (Å²) in [6, 6.07) is 19.8. The van der Waals surface area contributed by atoms with Crippen LogP contribution in [0.5, 0.6) is 5.75 Å². The first-order valence-corrected chi connectivity index (χ1v) is 12.4. The van der Waals surface area contributed by atoms with Crippen molar-refractivity contribution in [3.05, 3.63) is 111 Å². The molecule has 3 aromatic carbocycles. The number of rotatable bonds is 5. The normalized spacial score (nSPS) is 16.1. The number of carbonyl (C=O) groups is 2. The summed E-state index contributed by atoms with van der Waals surface area (Å²) in [5, 5.41) is 20.5. The Balaban J connectivity index is 1.31. The van der Waals surface area contributed by atoms with Gasteiger partial charge in [-0.25, -0.2) is 4.98 Å². The Bertz CT molecular complexity index is 1660. The Morgan fingerprint density at radius 2 is 1.85 bits per heavy atom. The molecule has 1 aliphatic heterocycles. The summed E-state index contributed by atoms with van der Waals surface area (Å²) in [6.45, 7) is 1.70. The number of anilines is 1. The summed E-state index contributed by atoms with van der Waals surface area (Å²) in [7, 11) is 1.59. The van der Waals surface area contributed by atoms with Gasteiger partial charge in [0.15, 0.2) is 0 Å². The van der Waals surface area contributed by atoms with E-state index >= 15 is 0 Å². The Morgan fingerprint density at radius 3 is 2.60 bits per heavy atom. The van der Waals surface area contributed by atoms with Crippen LogP contribution in [0.2, 0.25) is 0 Å². The Labute approximate surface area is 229 Å². The van der Waals surface area contributed by atoms with Gasteiger partial charge in [-0.15, -0.1) is 5.10 Å². The van der Waals surface area contributed by atoms with Crippen LogP contribution in [0.25, 0.3) is 0 Å². The van der Waals surface area contributed by atoms with Crippen LogP contribution in [0.4, 0.5) is 11.4 Å². The highest BCUT2D eigenvalue weighted by molar-refractivity contribution is 6.02. The molecule has 0 bridgehead atoms. The van der Waals surface area contributed by atoms with E-state index in [0.29, 0.717) is 34.8 Å². The van der Waals surface area contributed by atoms with Gasteiger partial charge in [-0.3, -0.25) is 24.8 Å². The first-order valence-electron chi connectivity index (χ1n) is 12.4. The molecular weight excluding hydrogens is 512 g/mol. The number of aromatic amines is 1. The molecule has 2 heterocycles. The minimum Gasteiger partial charge on any atom is -0.486 e. The van der Waals surface area contributed by atoms with Crippen molar-refractivity contribution in [1.29, 1.82) is 0 Å². The number of carbonyl (C=O) groups excluding carboxylic acids is 2. The quantitative estimate of drug-likeness (QED) is 0.226. The zero-order valence-corrected chi connectivity index (χ0v) is 21.6. The van der Waals surface area contributed by atoms with Crippen LogP contribution in [0, 0.1) is 22.0 Å². The Morgan fingerprint density at radius 1 is 1.10 bits per heavy atom. The standard InChI is InChI=1S/C29H24N6O5/c1-18-26(31-28(36)27-30-25(32-33-27)17-19-7-4-3-5-8-19)29(37)34(2)23-16-21(13-14-24(23)40-18)12-11-20-9-6-10-22(15-20)35(38)39/h3-10,13-16,18,26H,17H2,1-2H3,(H,31,36)(H,30,32,33)/t18-,26+/m1/s1. The maximum Gasteiger partial charge on any atom is 0.291 e. The molecule has 0 radical (unpaired) electrons. The molecule has 2 atom stereocenters. The molecule has 2 N–H and O–H groups in total. The number of non-ortho nitro benzene ring substituents is 1. The molecule has 4 aromatic rings. The minimum absolute atomic E-state index is 0.0491. The zero-order valence-electron chi connectivity index (χ0n) is 21.6. The highest BCUT2D eigenvalue weighted by Gasteiger charge is 2.36. The maximum absolute atomic E-state index is 13.4. The summed E-state index contributed by atoms with van der Waals surface area (Å²) in [5.74, 6) is 5.79. The molecule has 0 aliphatic carbocycles. The van der Waals surface area contributed by atoms with Crippen molar-refractivity contribution in [2.75, 3.05) is 11.9 Å². The lowest BCUT2D eigenvalue weighted by Crippen LogP contribution is -2.53. The van der Waals surface area contributed by atoms with E-state index in [2.05, 4.69) is 32.3 Å². The van der Waals surface area contributed by atoms with Gasteiger partial charge in [0.1, 0.15) is 23.7 Å². The van der Waals surface area contributed by atoms with E-state index in [-0.39, 0.29) is 17.4 Å². The number of nitrogens with one attached hydrogen (secondary N) is 2. The molecule has 0 spiro atoms. The number of H-pyrrole nitrogens is 1. The van der Waals surface area contributed by atoms with Crippen LogP contribution < -0.4 is 15.0 Å². The van der Waals surface area contributed by atoms with E-state index in [1.165, 1.54) is 17.0 Å². The van der Waals surface area contributed by atoms with Gasteiger partial charge in [0.05, 0.1) is 10.6 Å². The molecule has 40 heavy (non-hydrogen) atoms. The van der Waals surface area contributed by atoms with Gasteiger partial charge in [-0.1, -0.05) is 48.2 Å². The van der Waals surface area contributed by atoms with Crippen LogP contribution in [-0.4, -0.2) is 51.1 Å². The summed E-state index contributed by atoms with van der Waals surface area (Å²) < 4.78 is 6.04. The van der Waals surface area contributed by atoms with Crippen molar-refractivity contribution in [2.45, 2.75) is 25.5 Å². The average molecular weight is 537 g/mol. The average Bonchev–Trinajstić information content (AvgIpc) is 3.40. The maximum atomic E-state index is 13.4. The van der Waals surface area contributed by atoms with Crippen molar-refractivity contribution < 1.29 is 19.2 Å². The number of hydrogen-bond acceptors (Lipinski definition) is 7. The predicted octanol–water partition coefficient (Wildman–Crippen LogP) is 3.25. The number of benzene rings is 3. The molecule has 11 nitrogen and oxygen atoms in total. The first kappa shape index (κ1) is 26.1. The summed E-state index contributed by atoms with van der Waals surface area (Å²) in [5.41, 5.74) is 2.50. The van der Waals surface area contributed by atoms with Crippen molar-refractivity contribution in [3.8, 4) is 17.6 Å². The molecular formula is C29H24N6O5. The fourth-order valence-electron chi connectivity index (χ4n) is 4.24. The number of hydrogen-bond donors (Lipinski definition) is 2. The molecule has 0 saturated carbocycles. The number of nitro benzene ring substituents is 1. The Kier molecular flexibility index (Phi) is 7.24. The first-order chi connectivity index (χ1) is 19.3. The van der Waals surface area contributed by atoms with Crippen LogP contribution in [0.15, 0.2) is 72.8 Å². The van der Waals surface area contributed by atoms with Gasteiger partial charge in [-0.05, 0) is 36.8 Å². The lowest BCUT2D eigenvalue weighted by atomic mass is 10.1. The van der Waals surface area contributed by atoms with Gasteiger partial charge < -0.3 is 15.0 Å². The highest BCUT2D eigenvalue weighted by Crippen LogP contribution is 2.33. The molecule has 1 aromatic heterocycles. The molecule has 0 unspecified atom stereocenters. The van der Waals surface area contributed by atoms with E-state index in [1.54, 1.807) is 44.3 Å². The molecule has 5 rings (SSSR count). The fraction of sp³-hybridized carbons (Fsp3) is 0.172. The predicted molar refractivity (Wildman–Crippen MR) is 146 cm³/mol. The number of amides is 2. The topological polar surface area (TPSA) is 143 Å². The second-order valence-corrected chi connectivity index (χ2v) is 9.18. The highest BCUT2D eigenvalue weighted by atomic mass is 16.6. The third kappa shape index (κ3) is 5.66. The molecule has 200 valence electrons. The number of ether oxygens (including phenoxy) is 1. The lowest BCUT2D eigenvalue weighted by Gasteiger charge is -2.23. The monoisotopic (exact) mass is 536 g/mol. The second kappa shape index (κ2) is 11.1. The van der Waals surface area contributed by atoms with Gasteiger partial charge in [0.25, 0.3) is 17.5 Å². The van der Waals surface area contributed by atoms with E-state index in [4.69, 9.17) is 4.74 Å². The van der Waals surface area contributed by atoms with Crippen LogP contribution >= 0.6 is 0 Å². The molecule has 11 heteroatoms. The molecule has 0 fully saturated rings. The zero-order chi connectivity index (χ0) is 28.2. The molecule has 0 saturated heterocycles. The lowest BCUT2D eigenvalue weighted by molar-refractivity contribution is -0.384. The number of fused-ring (bicyclic) bond motifs is 1. The molecule has 1 aliphatic rings. The largest absolute Gasteiger partial charge is 0.486 e.